The number of anilines is 2. The van der Waals surface area contributed by atoms with Crippen molar-refractivity contribution in [1.29, 1.82) is 0 Å². The summed E-state index contributed by atoms with van der Waals surface area (Å²) in [6.45, 7) is 9.62. The van der Waals surface area contributed by atoms with Crippen molar-refractivity contribution in [3.63, 3.8) is 0 Å². The average Bonchev–Trinajstić information content (AvgIpc) is 3.07. The molecule has 0 spiro atoms. The molecule has 1 aromatic carbocycles. The summed E-state index contributed by atoms with van der Waals surface area (Å²) in [5.74, 6) is 0.468. The first kappa shape index (κ1) is 18.1. The van der Waals surface area contributed by atoms with Crippen molar-refractivity contribution >= 4 is 35.0 Å². The number of tetrazole rings is 1. The summed E-state index contributed by atoms with van der Waals surface area (Å²) in [4.78, 5) is 28.0. The topological polar surface area (TPSA) is 93.0 Å². The van der Waals surface area contributed by atoms with Crippen LogP contribution < -0.4 is 10.2 Å². The molecule has 0 unspecified atom stereocenters. The van der Waals surface area contributed by atoms with Gasteiger partial charge in [0.05, 0.1) is 23.5 Å². The van der Waals surface area contributed by atoms with Gasteiger partial charge < -0.3 is 10.2 Å². The normalized spacial score (nSPS) is 13.7. The Morgan fingerprint density at radius 1 is 1.46 bits per heavy atom. The van der Waals surface area contributed by atoms with E-state index in [4.69, 9.17) is 0 Å². The minimum absolute atomic E-state index is 0.0592. The van der Waals surface area contributed by atoms with Gasteiger partial charge in [-0.05, 0) is 50.3 Å². The Hall–Kier alpha value is -2.68. The Kier molecular flexibility index (Phi) is 4.82. The number of benzene rings is 1. The molecule has 2 heterocycles. The third-order valence-corrected chi connectivity index (χ3v) is 4.78. The summed E-state index contributed by atoms with van der Waals surface area (Å²) in [6.07, 6.45) is 1.24. The van der Waals surface area contributed by atoms with Gasteiger partial charge in [-0.15, -0.1) is 22.0 Å². The zero-order chi connectivity index (χ0) is 18.9. The van der Waals surface area contributed by atoms with E-state index in [9.17, 15) is 9.59 Å². The van der Waals surface area contributed by atoms with Crippen LogP contribution in [0.3, 0.4) is 0 Å². The van der Waals surface area contributed by atoms with E-state index in [1.165, 1.54) is 27.5 Å². The molecule has 8 nitrogen and oxygen atoms in total. The van der Waals surface area contributed by atoms with Gasteiger partial charge >= 0.3 is 0 Å². The van der Waals surface area contributed by atoms with Crippen molar-refractivity contribution in [3.8, 4) is 0 Å². The number of hydrogen-bond acceptors (Lipinski definition) is 6. The van der Waals surface area contributed by atoms with Gasteiger partial charge in [0.2, 0.25) is 5.91 Å². The average molecular weight is 372 g/mol. The Balaban J connectivity index is 1.91. The number of carbonyl (C=O) groups is 2. The first-order valence-corrected chi connectivity index (χ1v) is 9.06. The van der Waals surface area contributed by atoms with Crippen molar-refractivity contribution in [2.45, 2.75) is 37.8 Å². The molecule has 0 saturated carbocycles. The minimum atomic E-state index is -0.300. The van der Waals surface area contributed by atoms with Crippen LogP contribution in [-0.4, -0.2) is 37.8 Å². The van der Waals surface area contributed by atoms with E-state index in [2.05, 4.69) is 27.3 Å². The summed E-state index contributed by atoms with van der Waals surface area (Å²) < 4.78 is 0. The lowest BCUT2D eigenvalue weighted by Gasteiger charge is -2.23. The number of hydrogen-bond donors (Lipinski definition) is 1. The van der Waals surface area contributed by atoms with Crippen LogP contribution in [0.5, 0.6) is 0 Å². The maximum Gasteiger partial charge on any atom is 0.250 e. The van der Waals surface area contributed by atoms with Crippen LogP contribution in [0.4, 0.5) is 11.4 Å². The molecule has 26 heavy (non-hydrogen) atoms. The van der Waals surface area contributed by atoms with E-state index < -0.39 is 0 Å². The van der Waals surface area contributed by atoms with Crippen LogP contribution in [0.2, 0.25) is 0 Å². The molecule has 2 amide bonds. The number of nitrogens with one attached hydrogen (secondary N) is 1. The van der Waals surface area contributed by atoms with E-state index in [1.54, 1.807) is 6.07 Å². The lowest BCUT2D eigenvalue weighted by atomic mass is 10.1. The van der Waals surface area contributed by atoms with Gasteiger partial charge in [0.1, 0.15) is 0 Å². The number of rotatable bonds is 4. The highest BCUT2D eigenvalue weighted by molar-refractivity contribution is 8.00. The van der Waals surface area contributed by atoms with Gasteiger partial charge in [-0.1, -0.05) is 6.58 Å². The lowest BCUT2D eigenvalue weighted by Crippen LogP contribution is -2.30. The fourth-order valence-corrected chi connectivity index (χ4v) is 3.17. The molecule has 0 fully saturated rings. The van der Waals surface area contributed by atoms with Crippen LogP contribution in [0.25, 0.3) is 0 Å². The summed E-state index contributed by atoms with van der Waals surface area (Å²) in [5.41, 5.74) is 1.02. The first-order valence-electron chi connectivity index (χ1n) is 8.08. The summed E-state index contributed by atoms with van der Waals surface area (Å²) in [7, 11) is 0. The lowest BCUT2D eigenvalue weighted by molar-refractivity contribution is -0.114. The Labute approximate surface area is 155 Å². The highest BCUT2D eigenvalue weighted by atomic mass is 32.2. The molecule has 1 aliphatic rings. The van der Waals surface area contributed by atoms with E-state index in [0.717, 1.165) is 4.90 Å². The smallest absolute Gasteiger partial charge is 0.250 e. The summed E-state index contributed by atoms with van der Waals surface area (Å²) in [6, 6.07) is 5.49. The molecule has 136 valence electrons. The fraction of sp³-hybridized carbons (Fsp3) is 0.353. The van der Waals surface area contributed by atoms with E-state index >= 15 is 0 Å². The second kappa shape index (κ2) is 6.91. The standard InChI is InChI=1S/C17H20N6O2S/c1-5-16(25)22(9-14-19-21-23(20-14)17(2,3)4)11-6-7-13-12(8-11)18-15(24)10-26-13/h5-8H,1,9-10H2,2-4H3,(H,18,24). The maximum atomic E-state index is 12.4. The molecule has 0 radical (unpaired) electrons. The number of carbonyl (C=O) groups excluding carboxylic acids is 2. The highest BCUT2D eigenvalue weighted by Gasteiger charge is 2.22. The largest absolute Gasteiger partial charge is 0.324 e. The van der Waals surface area contributed by atoms with Crippen molar-refractivity contribution in [2.24, 2.45) is 0 Å². The van der Waals surface area contributed by atoms with Crippen LogP contribution in [0.1, 0.15) is 26.6 Å². The Morgan fingerprint density at radius 2 is 2.23 bits per heavy atom. The van der Waals surface area contributed by atoms with Crippen LogP contribution >= 0.6 is 11.8 Å². The molecule has 0 saturated heterocycles. The third-order valence-electron chi connectivity index (χ3n) is 3.70. The highest BCUT2D eigenvalue weighted by Crippen LogP contribution is 2.34. The van der Waals surface area contributed by atoms with Gasteiger partial charge in [-0.3, -0.25) is 9.59 Å². The Morgan fingerprint density at radius 3 is 2.88 bits per heavy atom. The van der Waals surface area contributed by atoms with Crippen LogP contribution in [0, 0.1) is 0 Å². The molecule has 9 heteroatoms. The monoisotopic (exact) mass is 372 g/mol. The molecule has 1 aromatic heterocycles. The van der Waals surface area contributed by atoms with Crippen molar-refractivity contribution in [1.82, 2.24) is 20.2 Å². The van der Waals surface area contributed by atoms with E-state index in [-0.39, 0.29) is 23.9 Å². The van der Waals surface area contributed by atoms with Gasteiger partial charge in [-0.2, -0.15) is 4.80 Å². The number of fused-ring (bicyclic) bond motifs is 1. The van der Waals surface area contributed by atoms with E-state index in [0.29, 0.717) is 23.0 Å². The van der Waals surface area contributed by atoms with Crippen LogP contribution in [0.15, 0.2) is 35.7 Å². The SMILES string of the molecule is C=CC(=O)N(Cc1nnn(C(C)(C)C)n1)c1ccc2c(c1)NC(=O)CS2. The summed E-state index contributed by atoms with van der Waals surface area (Å²) in [5, 5.41) is 15.3. The molecule has 2 aromatic rings. The fourth-order valence-electron chi connectivity index (χ4n) is 2.38. The second-order valence-electron chi connectivity index (χ2n) is 6.81. The predicted molar refractivity (Wildman–Crippen MR) is 100.0 cm³/mol. The molecule has 1 aliphatic heterocycles. The molecule has 0 aliphatic carbocycles. The van der Waals surface area contributed by atoms with E-state index in [1.807, 2.05) is 32.9 Å². The quantitative estimate of drug-likeness (QED) is 0.827. The number of amides is 2. The Bertz CT molecular complexity index is 870. The molecule has 0 bridgehead atoms. The van der Waals surface area contributed by atoms with Crippen molar-refractivity contribution < 1.29 is 9.59 Å². The minimum Gasteiger partial charge on any atom is -0.324 e. The van der Waals surface area contributed by atoms with Crippen molar-refractivity contribution in [2.75, 3.05) is 16.0 Å². The van der Waals surface area contributed by atoms with Gasteiger partial charge in [0.15, 0.2) is 5.82 Å². The molecular weight excluding hydrogens is 352 g/mol. The molecular formula is C17H20N6O2S. The van der Waals surface area contributed by atoms with Gasteiger partial charge in [0.25, 0.3) is 5.91 Å². The van der Waals surface area contributed by atoms with Gasteiger partial charge in [-0.25, -0.2) is 0 Å². The first-order chi connectivity index (χ1) is 12.3. The van der Waals surface area contributed by atoms with Crippen LogP contribution in [-0.2, 0) is 21.7 Å². The number of nitrogens with zero attached hydrogens (tertiary/aromatic N) is 5. The molecule has 3 rings (SSSR count). The second-order valence-corrected chi connectivity index (χ2v) is 7.83. The van der Waals surface area contributed by atoms with Gasteiger partial charge in [0, 0.05) is 10.6 Å². The predicted octanol–water partition coefficient (Wildman–Crippen LogP) is 2.19. The molecule has 1 N–H and O–H groups in total. The molecule has 0 atom stereocenters. The third kappa shape index (κ3) is 3.77. The summed E-state index contributed by atoms with van der Waals surface area (Å²) >= 11 is 1.47. The zero-order valence-electron chi connectivity index (χ0n) is 14.9. The maximum absolute atomic E-state index is 12.4. The van der Waals surface area contributed by atoms with Crippen molar-refractivity contribution in [3.05, 3.63) is 36.7 Å². The number of thioether (sulfide) groups is 1. The number of aromatic nitrogens is 4. The zero-order valence-corrected chi connectivity index (χ0v) is 15.7.